The van der Waals surface area contributed by atoms with E-state index in [0.717, 1.165) is 0 Å². The van der Waals surface area contributed by atoms with Gasteiger partial charge < -0.3 is 4.74 Å². The highest BCUT2D eigenvalue weighted by atomic mass is 19.2. The number of ether oxygens (including phenoxy) is 1. The van der Waals surface area contributed by atoms with Crippen molar-refractivity contribution in [2.24, 2.45) is 0 Å². The Bertz CT molecular complexity index is 326. The highest BCUT2D eigenvalue weighted by molar-refractivity contribution is 5.41. The zero-order valence-electron chi connectivity index (χ0n) is 8.25. The summed E-state index contributed by atoms with van der Waals surface area (Å²) in [6.45, 7) is 2.78. The topological polar surface area (TPSA) is 9.23 Å². The van der Waals surface area contributed by atoms with Gasteiger partial charge in [0.15, 0.2) is 23.2 Å². The van der Waals surface area contributed by atoms with Crippen molar-refractivity contribution in [1.82, 2.24) is 0 Å². The molecule has 1 rings (SSSR count). The summed E-state index contributed by atoms with van der Waals surface area (Å²) in [5, 5.41) is 0. The number of benzene rings is 1. The number of halogens is 3. The molecule has 0 aliphatic carbocycles. The minimum atomic E-state index is -1.14. The van der Waals surface area contributed by atoms with Gasteiger partial charge in [-0.25, -0.2) is 13.2 Å². The lowest BCUT2D eigenvalue weighted by Gasteiger charge is -2.11. The first kappa shape index (κ1) is 10.9. The summed E-state index contributed by atoms with van der Waals surface area (Å²) in [6, 6.07) is 0. The van der Waals surface area contributed by atoms with Crippen LogP contribution in [0.3, 0.4) is 0 Å². The maximum absolute atomic E-state index is 13.4. The molecule has 0 aliphatic rings. The van der Waals surface area contributed by atoms with E-state index < -0.39 is 17.5 Å². The van der Waals surface area contributed by atoms with Crippen molar-refractivity contribution in [1.29, 1.82) is 0 Å². The summed E-state index contributed by atoms with van der Waals surface area (Å²) in [4.78, 5) is 0. The van der Waals surface area contributed by atoms with Crippen LogP contribution in [0.4, 0.5) is 13.2 Å². The average Bonchev–Trinajstić information content (AvgIpc) is 2.20. The van der Waals surface area contributed by atoms with Gasteiger partial charge in [0, 0.05) is 11.1 Å². The predicted molar refractivity (Wildman–Crippen MR) is 47.0 cm³/mol. The van der Waals surface area contributed by atoms with Gasteiger partial charge in [-0.2, -0.15) is 0 Å². The van der Waals surface area contributed by atoms with E-state index >= 15 is 0 Å². The number of hydrogen-bond acceptors (Lipinski definition) is 1. The Labute approximate surface area is 80.5 Å². The molecule has 0 heterocycles. The van der Waals surface area contributed by atoms with Gasteiger partial charge in [0.25, 0.3) is 0 Å². The number of rotatable bonds is 2. The van der Waals surface area contributed by atoms with Crippen molar-refractivity contribution in [3.8, 4) is 5.75 Å². The van der Waals surface area contributed by atoms with Gasteiger partial charge >= 0.3 is 0 Å². The third kappa shape index (κ3) is 1.45. The van der Waals surface area contributed by atoms with Crippen LogP contribution in [0.15, 0.2) is 0 Å². The molecule has 0 aliphatic heterocycles. The van der Waals surface area contributed by atoms with E-state index in [1.54, 1.807) is 6.92 Å². The molecule has 1 aromatic carbocycles. The van der Waals surface area contributed by atoms with Crippen LogP contribution in [0.25, 0.3) is 0 Å². The maximum atomic E-state index is 13.4. The molecular formula is C10H11F3O. The largest absolute Gasteiger partial charge is 0.493 e. The highest BCUT2D eigenvalue weighted by Crippen LogP contribution is 2.30. The fourth-order valence-electron chi connectivity index (χ4n) is 1.32. The molecule has 0 amide bonds. The minimum absolute atomic E-state index is 0.0619. The first-order chi connectivity index (χ1) is 6.54. The number of hydrogen-bond donors (Lipinski definition) is 0. The van der Waals surface area contributed by atoms with Crippen LogP contribution in [0, 0.1) is 24.4 Å². The summed E-state index contributed by atoms with van der Waals surface area (Å²) >= 11 is 0. The number of methoxy groups -OCH3 is 1. The molecule has 0 fully saturated rings. The van der Waals surface area contributed by atoms with Gasteiger partial charge in [-0.15, -0.1) is 0 Å². The van der Waals surface area contributed by atoms with Crippen molar-refractivity contribution in [2.75, 3.05) is 7.11 Å². The summed E-state index contributed by atoms with van der Waals surface area (Å²) in [5.41, 5.74) is -0.412. The molecule has 0 N–H and O–H groups in total. The quantitative estimate of drug-likeness (QED) is 0.673. The molecule has 78 valence electrons. The highest BCUT2D eigenvalue weighted by Gasteiger charge is 2.21. The zero-order valence-corrected chi connectivity index (χ0v) is 8.25. The predicted octanol–water partition coefficient (Wildman–Crippen LogP) is 2.98. The summed E-state index contributed by atoms with van der Waals surface area (Å²) in [5.74, 6) is -3.20. The molecule has 0 saturated carbocycles. The van der Waals surface area contributed by atoms with E-state index in [4.69, 9.17) is 4.74 Å². The first-order valence-corrected chi connectivity index (χ1v) is 4.24. The van der Waals surface area contributed by atoms with Crippen molar-refractivity contribution in [2.45, 2.75) is 20.3 Å². The van der Waals surface area contributed by atoms with Crippen molar-refractivity contribution < 1.29 is 17.9 Å². The van der Waals surface area contributed by atoms with E-state index in [2.05, 4.69) is 0 Å². The lowest BCUT2D eigenvalue weighted by Crippen LogP contribution is -2.04. The van der Waals surface area contributed by atoms with Gasteiger partial charge in [0.2, 0.25) is 0 Å². The van der Waals surface area contributed by atoms with Crippen molar-refractivity contribution in [3.63, 3.8) is 0 Å². The normalized spacial score (nSPS) is 10.4. The smallest absolute Gasteiger partial charge is 0.171 e. The lowest BCUT2D eigenvalue weighted by molar-refractivity contribution is 0.366. The molecule has 1 aromatic rings. The molecule has 0 radical (unpaired) electrons. The molecule has 1 nitrogen and oxygen atoms in total. The summed E-state index contributed by atoms with van der Waals surface area (Å²) in [7, 11) is 1.23. The van der Waals surface area contributed by atoms with E-state index in [0.29, 0.717) is 0 Å². The second-order valence-corrected chi connectivity index (χ2v) is 2.93. The molecule has 0 atom stereocenters. The molecule has 0 spiro atoms. The van der Waals surface area contributed by atoms with Crippen molar-refractivity contribution in [3.05, 3.63) is 28.6 Å². The third-order valence-corrected chi connectivity index (χ3v) is 2.15. The van der Waals surface area contributed by atoms with E-state index in [1.807, 2.05) is 0 Å². The van der Waals surface area contributed by atoms with Crippen LogP contribution >= 0.6 is 0 Å². The third-order valence-electron chi connectivity index (χ3n) is 2.15. The van der Waals surface area contributed by atoms with Gasteiger partial charge in [-0.05, 0) is 13.3 Å². The zero-order chi connectivity index (χ0) is 10.9. The Morgan fingerprint density at radius 3 is 2.07 bits per heavy atom. The fraction of sp³-hybridized carbons (Fsp3) is 0.400. The van der Waals surface area contributed by atoms with Crippen LogP contribution in [0.2, 0.25) is 0 Å². The van der Waals surface area contributed by atoms with Gasteiger partial charge in [0.05, 0.1) is 7.11 Å². The van der Waals surface area contributed by atoms with E-state index in [1.165, 1.54) is 14.0 Å². The molecular weight excluding hydrogens is 193 g/mol. The van der Waals surface area contributed by atoms with Crippen LogP contribution < -0.4 is 4.74 Å². The Morgan fingerprint density at radius 1 is 1.07 bits per heavy atom. The molecule has 0 aromatic heterocycles. The SMILES string of the molecule is CCc1c(F)c(F)c(C)c(F)c1OC. The maximum Gasteiger partial charge on any atom is 0.171 e. The van der Waals surface area contributed by atoms with E-state index in [-0.39, 0.29) is 23.3 Å². The summed E-state index contributed by atoms with van der Waals surface area (Å²) < 4.78 is 44.4. The van der Waals surface area contributed by atoms with Crippen LogP contribution in [-0.4, -0.2) is 7.11 Å². The lowest BCUT2D eigenvalue weighted by atomic mass is 10.1. The van der Waals surface area contributed by atoms with Gasteiger partial charge in [-0.3, -0.25) is 0 Å². The fourth-order valence-corrected chi connectivity index (χ4v) is 1.32. The van der Waals surface area contributed by atoms with Gasteiger partial charge in [-0.1, -0.05) is 6.92 Å². The Hall–Kier alpha value is -1.19. The molecule has 14 heavy (non-hydrogen) atoms. The molecule has 4 heteroatoms. The van der Waals surface area contributed by atoms with Crippen LogP contribution in [0.5, 0.6) is 5.75 Å². The van der Waals surface area contributed by atoms with E-state index in [9.17, 15) is 13.2 Å². The van der Waals surface area contributed by atoms with Gasteiger partial charge in [0.1, 0.15) is 0 Å². The molecule has 0 saturated heterocycles. The molecule has 0 unspecified atom stereocenters. The Balaban J connectivity index is 3.57. The standard InChI is InChI=1S/C10H11F3O/c1-4-6-9(13)7(11)5(2)8(12)10(6)14-3/h4H2,1-3H3. The minimum Gasteiger partial charge on any atom is -0.493 e. The van der Waals surface area contributed by atoms with Crippen molar-refractivity contribution >= 4 is 0 Å². The second kappa shape index (κ2) is 3.90. The van der Waals surface area contributed by atoms with Crippen LogP contribution in [0.1, 0.15) is 18.1 Å². The average molecular weight is 204 g/mol. The monoisotopic (exact) mass is 204 g/mol. The summed E-state index contributed by atoms with van der Waals surface area (Å²) in [6.07, 6.45) is 0.184. The Morgan fingerprint density at radius 2 is 1.64 bits per heavy atom. The first-order valence-electron chi connectivity index (χ1n) is 4.24. The van der Waals surface area contributed by atoms with Crippen LogP contribution in [-0.2, 0) is 6.42 Å². The Kier molecular flexibility index (Phi) is 3.03. The second-order valence-electron chi connectivity index (χ2n) is 2.93. The molecule has 0 bridgehead atoms.